The van der Waals surface area contributed by atoms with Crippen LogP contribution >= 0.6 is 0 Å². The van der Waals surface area contributed by atoms with Gasteiger partial charge in [0.25, 0.3) is 0 Å². The van der Waals surface area contributed by atoms with Crippen molar-refractivity contribution in [1.29, 1.82) is 0 Å². The van der Waals surface area contributed by atoms with Gasteiger partial charge in [-0.15, -0.1) is 0 Å². The first-order valence-electron chi connectivity index (χ1n) is 4.36. The van der Waals surface area contributed by atoms with Gasteiger partial charge in [-0.1, -0.05) is 0 Å². The smallest absolute Gasteiger partial charge is 0.100 e. The Hall–Kier alpha value is -0.110. The molecule has 0 bridgehead atoms. The van der Waals surface area contributed by atoms with E-state index < -0.39 is 11.8 Å². The van der Waals surface area contributed by atoms with Crippen molar-refractivity contribution < 1.29 is 9.50 Å². The van der Waals surface area contributed by atoms with E-state index in [1.807, 2.05) is 13.8 Å². The summed E-state index contributed by atoms with van der Waals surface area (Å²) < 4.78 is 12.7. The highest BCUT2D eigenvalue weighted by Gasteiger charge is 2.30. The molecule has 0 heterocycles. The van der Waals surface area contributed by atoms with E-state index in [2.05, 4.69) is 0 Å². The van der Waals surface area contributed by atoms with Crippen LogP contribution in [0, 0.1) is 5.92 Å². The third-order valence-corrected chi connectivity index (χ3v) is 2.66. The fourth-order valence-electron chi connectivity index (χ4n) is 1.76. The number of hydrogen-bond acceptors (Lipinski definition) is 1. The van der Waals surface area contributed by atoms with Crippen molar-refractivity contribution in [1.82, 2.24) is 0 Å². The Morgan fingerprint density at radius 1 is 1.18 bits per heavy atom. The Morgan fingerprint density at radius 2 is 1.64 bits per heavy atom. The molecule has 0 atom stereocenters. The highest BCUT2D eigenvalue weighted by molar-refractivity contribution is 4.82. The molecule has 0 aromatic heterocycles. The highest BCUT2D eigenvalue weighted by Crippen LogP contribution is 2.33. The molecule has 11 heavy (non-hydrogen) atoms. The van der Waals surface area contributed by atoms with Gasteiger partial charge >= 0.3 is 0 Å². The maximum atomic E-state index is 12.7. The van der Waals surface area contributed by atoms with Crippen molar-refractivity contribution >= 4 is 0 Å². The van der Waals surface area contributed by atoms with E-state index in [9.17, 15) is 9.50 Å². The van der Waals surface area contributed by atoms with Crippen LogP contribution in [-0.4, -0.2) is 16.9 Å². The monoisotopic (exact) mass is 160 g/mol. The fraction of sp³-hybridized carbons (Fsp3) is 1.00. The predicted molar refractivity (Wildman–Crippen MR) is 43.2 cm³/mol. The summed E-state index contributed by atoms with van der Waals surface area (Å²) in [7, 11) is 0. The van der Waals surface area contributed by atoms with E-state index >= 15 is 0 Å². The molecule has 1 rings (SSSR count). The van der Waals surface area contributed by atoms with Crippen LogP contribution in [0.3, 0.4) is 0 Å². The lowest BCUT2D eigenvalue weighted by molar-refractivity contribution is -0.00861. The van der Waals surface area contributed by atoms with Gasteiger partial charge in [0.2, 0.25) is 0 Å². The summed E-state index contributed by atoms with van der Waals surface area (Å²) in [5, 5.41) is 9.61. The second kappa shape index (κ2) is 3.10. The van der Waals surface area contributed by atoms with Gasteiger partial charge in [0, 0.05) is 0 Å². The topological polar surface area (TPSA) is 20.2 Å². The molecule has 0 amide bonds. The molecular formula is C9H17FO. The summed E-state index contributed by atoms with van der Waals surface area (Å²) in [6.07, 6.45) is 2.33. The summed E-state index contributed by atoms with van der Waals surface area (Å²) in [6, 6.07) is 0. The Labute approximate surface area is 67.6 Å². The molecule has 1 fully saturated rings. The summed E-state index contributed by atoms with van der Waals surface area (Å²) in [5.74, 6) is 0.300. The predicted octanol–water partition coefficient (Wildman–Crippen LogP) is 2.29. The van der Waals surface area contributed by atoms with Gasteiger partial charge < -0.3 is 5.11 Å². The van der Waals surface area contributed by atoms with Crippen LogP contribution in [0.2, 0.25) is 0 Å². The number of hydrogen-bond donors (Lipinski definition) is 1. The van der Waals surface area contributed by atoms with Crippen LogP contribution in [0.1, 0.15) is 39.5 Å². The molecule has 1 nitrogen and oxygen atoms in total. The SMILES string of the molecule is CC(C)(O)C1CCC(F)CC1. The summed E-state index contributed by atoms with van der Waals surface area (Å²) in [5.41, 5.74) is -0.611. The zero-order valence-electron chi connectivity index (χ0n) is 7.31. The van der Waals surface area contributed by atoms with E-state index in [1.165, 1.54) is 0 Å². The molecule has 1 aliphatic rings. The molecule has 1 aliphatic carbocycles. The van der Waals surface area contributed by atoms with Crippen molar-refractivity contribution in [3.63, 3.8) is 0 Å². The summed E-state index contributed by atoms with van der Waals surface area (Å²) in [4.78, 5) is 0. The Bertz CT molecular complexity index is 120. The molecule has 66 valence electrons. The zero-order chi connectivity index (χ0) is 8.48. The lowest BCUT2D eigenvalue weighted by Crippen LogP contribution is -2.34. The molecule has 0 aliphatic heterocycles. The molecule has 0 aromatic carbocycles. The molecule has 0 radical (unpaired) electrons. The fourth-order valence-corrected chi connectivity index (χ4v) is 1.76. The maximum absolute atomic E-state index is 12.7. The third kappa shape index (κ3) is 2.44. The van der Waals surface area contributed by atoms with Gasteiger partial charge in [0.15, 0.2) is 0 Å². The van der Waals surface area contributed by atoms with Gasteiger partial charge in [0.05, 0.1) is 5.60 Å². The van der Waals surface area contributed by atoms with E-state index in [1.54, 1.807) is 0 Å². The average Bonchev–Trinajstić information content (AvgIpc) is 1.86. The molecule has 1 saturated carbocycles. The quantitative estimate of drug-likeness (QED) is 0.624. The molecule has 1 N–H and O–H groups in total. The lowest BCUT2D eigenvalue weighted by atomic mass is 9.78. The first-order valence-corrected chi connectivity index (χ1v) is 4.36. The first-order chi connectivity index (χ1) is 5.00. The minimum absolute atomic E-state index is 0.300. The molecule has 0 spiro atoms. The van der Waals surface area contributed by atoms with Crippen molar-refractivity contribution in [3.05, 3.63) is 0 Å². The maximum Gasteiger partial charge on any atom is 0.100 e. The summed E-state index contributed by atoms with van der Waals surface area (Å²) >= 11 is 0. The normalized spacial score (nSPS) is 33.8. The molecule has 0 saturated heterocycles. The largest absolute Gasteiger partial charge is 0.390 e. The van der Waals surface area contributed by atoms with Crippen LogP contribution in [0.25, 0.3) is 0 Å². The Morgan fingerprint density at radius 3 is 2.00 bits per heavy atom. The second-order valence-electron chi connectivity index (χ2n) is 4.10. The van der Waals surface area contributed by atoms with Crippen LogP contribution in [0.15, 0.2) is 0 Å². The van der Waals surface area contributed by atoms with Gasteiger partial charge in [-0.25, -0.2) is 4.39 Å². The average molecular weight is 160 g/mol. The number of rotatable bonds is 1. The Balaban J connectivity index is 2.39. The molecule has 0 aromatic rings. The van der Waals surface area contributed by atoms with Gasteiger partial charge in [-0.3, -0.25) is 0 Å². The van der Waals surface area contributed by atoms with E-state index in [0.29, 0.717) is 18.8 Å². The van der Waals surface area contributed by atoms with E-state index in [0.717, 1.165) is 12.8 Å². The second-order valence-corrected chi connectivity index (χ2v) is 4.10. The van der Waals surface area contributed by atoms with Crippen molar-refractivity contribution in [2.24, 2.45) is 5.92 Å². The van der Waals surface area contributed by atoms with Crippen LogP contribution in [-0.2, 0) is 0 Å². The minimum atomic E-state index is -0.617. The third-order valence-electron chi connectivity index (χ3n) is 2.66. The van der Waals surface area contributed by atoms with Gasteiger partial charge in [-0.2, -0.15) is 0 Å². The van der Waals surface area contributed by atoms with Crippen molar-refractivity contribution in [2.45, 2.75) is 51.3 Å². The minimum Gasteiger partial charge on any atom is -0.390 e. The molecule has 2 heteroatoms. The zero-order valence-corrected chi connectivity index (χ0v) is 7.31. The van der Waals surface area contributed by atoms with Crippen LogP contribution < -0.4 is 0 Å². The van der Waals surface area contributed by atoms with Gasteiger partial charge in [-0.05, 0) is 45.4 Å². The lowest BCUT2D eigenvalue weighted by Gasteiger charge is -2.33. The Kier molecular flexibility index (Phi) is 2.53. The van der Waals surface area contributed by atoms with Gasteiger partial charge in [0.1, 0.15) is 6.17 Å². The van der Waals surface area contributed by atoms with Crippen molar-refractivity contribution in [3.8, 4) is 0 Å². The molecular weight excluding hydrogens is 143 g/mol. The summed E-state index contributed by atoms with van der Waals surface area (Å²) in [6.45, 7) is 3.63. The van der Waals surface area contributed by atoms with E-state index in [4.69, 9.17) is 0 Å². The van der Waals surface area contributed by atoms with E-state index in [-0.39, 0.29) is 0 Å². The molecule has 0 unspecified atom stereocenters. The van der Waals surface area contributed by atoms with Crippen LogP contribution in [0.4, 0.5) is 4.39 Å². The standard InChI is InChI=1S/C9H17FO/c1-9(2,11)7-3-5-8(10)6-4-7/h7-8,11H,3-6H2,1-2H3. The highest BCUT2D eigenvalue weighted by atomic mass is 19.1. The van der Waals surface area contributed by atoms with Crippen molar-refractivity contribution in [2.75, 3.05) is 0 Å². The number of alkyl halides is 1. The first kappa shape index (κ1) is 8.98. The van der Waals surface area contributed by atoms with Crippen LogP contribution in [0.5, 0.6) is 0 Å². The number of halogens is 1. The number of aliphatic hydroxyl groups is 1.